The fraction of sp³-hybridized carbons (Fsp3) is 1.00. The molecule has 0 aromatic heterocycles. The topological polar surface area (TPSA) is 36.9 Å². The molecule has 4 heterocycles. The minimum atomic E-state index is -0.0800. The van der Waals surface area contributed by atoms with Gasteiger partial charge in [0.2, 0.25) is 0 Å². The minimum absolute atomic E-state index is 0. The Balaban J connectivity index is 0.00000140. The Morgan fingerprint density at radius 3 is 1.36 bits per heavy atom. The Hall–Kier alpha value is 1.22. The molecule has 4 aliphatic rings. The summed E-state index contributed by atoms with van der Waals surface area (Å²) in [5.41, 5.74) is 0. The van der Waals surface area contributed by atoms with Crippen LogP contribution >= 0.6 is 0 Å². The second-order valence-corrected chi connectivity index (χ2v) is 9.53. The number of nitrogens with zero attached hydrogens (tertiary/aromatic N) is 2. The Morgan fingerprint density at radius 2 is 1.00 bits per heavy atom. The van der Waals surface area contributed by atoms with Crippen LogP contribution in [0.2, 0.25) is 0 Å². The molecule has 4 aliphatic heterocycles. The van der Waals surface area contributed by atoms with Crippen molar-refractivity contribution < 1.29 is 75.9 Å². The van der Waals surface area contributed by atoms with Crippen molar-refractivity contribution in [1.82, 2.24) is 0 Å². The van der Waals surface area contributed by atoms with E-state index in [1.54, 1.807) is 0 Å². The molecule has 4 atom stereocenters. The smallest absolute Gasteiger partial charge is 0.158 e. The van der Waals surface area contributed by atoms with Gasteiger partial charge in [0.15, 0.2) is 12.6 Å². The fourth-order valence-corrected chi connectivity index (χ4v) is 5.33. The van der Waals surface area contributed by atoms with Gasteiger partial charge in [-0.2, -0.15) is 0 Å². The number of likely N-dealkylation sites (N-methyl/N-ethyl adjacent to an activating group) is 2. The summed E-state index contributed by atoms with van der Waals surface area (Å²) in [4.78, 5) is 0. The summed E-state index contributed by atoms with van der Waals surface area (Å²) in [7, 11) is 4.71. The van der Waals surface area contributed by atoms with Gasteiger partial charge in [-0.25, -0.2) is 0 Å². The lowest BCUT2D eigenvalue weighted by Gasteiger charge is -2.31. The van der Waals surface area contributed by atoms with E-state index in [9.17, 15) is 0 Å². The summed E-state index contributed by atoms with van der Waals surface area (Å²) in [6.45, 7) is 8.80. The van der Waals surface area contributed by atoms with E-state index in [-0.39, 0.29) is 72.7 Å². The lowest BCUT2D eigenvalue weighted by molar-refractivity contribution is -0.900. The first kappa shape index (κ1) is 25.5. The molecule has 8 heteroatoms. The van der Waals surface area contributed by atoms with E-state index < -0.39 is 0 Å². The number of quaternary nitrogens is 2. The van der Waals surface area contributed by atoms with Gasteiger partial charge in [0, 0.05) is 38.5 Å². The van der Waals surface area contributed by atoms with Gasteiger partial charge in [0.1, 0.15) is 25.3 Å². The zero-order valence-electron chi connectivity index (χ0n) is 17.5. The second kappa shape index (κ2) is 11.2. The molecule has 6 nitrogen and oxygen atoms in total. The number of ether oxygens (including phenoxy) is 4. The third-order valence-corrected chi connectivity index (χ3v) is 6.84. The predicted molar refractivity (Wildman–Crippen MR) is 98.5 cm³/mol. The van der Waals surface area contributed by atoms with E-state index in [1.165, 1.54) is 51.9 Å². The molecule has 0 amide bonds. The SMILES string of the molecule is C[N+]1(CC2COC(CCC3OCC(C[N+]4(C)CCCC4)O3)O2)CCCC1.[I-].[I-]. The molecule has 4 saturated heterocycles. The Kier molecular flexibility index (Phi) is 10.2. The summed E-state index contributed by atoms with van der Waals surface area (Å²) < 4.78 is 26.4. The van der Waals surface area contributed by atoms with E-state index in [1.807, 2.05) is 0 Å². The minimum Gasteiger partial charge on any atom is -1.00 e. The molecule has 0 bridgehead atoms. The van der Waals surface area contributed by atoms with Crippen LogP contribution in [0, 0.1) is 0 Å². The average Bonchev–Trinajstić information content (AvgIpc) is 3.36. The van der Waals surface area contributed by atoms with Gasteiger partial charge in [-0.3, -0.25) is 0 Å². The second-order valence-electron chi connectivity index (χ2n) is 9.53. The first-order valence-electron chi connectivity index (χ1n) is 10.7. The standard InChI is InChI=1S/C20H38N2O4.2HI/c1-21(9-3-4-10-21)13-17-15-23-19(25-17)7-8-20-24-16-18(26-20)14-22(2)11-5-6-12-22;;/h17-20H,3-16H2,1-2H3;2*1H/q+2;;/p-2. The van der Waals surface area contributed by atoms with E-state index in [0.29, 0.717) is 0 Å². The third kappa shape index (κ3) is 6.86. The van der Waals surface area contributed by atoms with Crippen molar-refractivity contribution in [3.05, 3.63) is 0 Å². The Morgan fingerprint density at radius 1 is 0.643 bits per heavy atom. The number of hydrogen-bond acceptors (Lipinski definition) is 4. The Bertz CT molecular complexity index is 431. The largest absolute Gasteiger partial charge is 1.00 e. The highest BCUT2D eigenvalue weighted by Crippen LogP contribution is 2.26. The molecule has 0 saturated carbocycles. The lowest BCUT2D eigenvalue weighted by atomic mass is 10.3. The molecule has 4 unspecified atom stereocenters. The van der Waals surface area contributed by atoms with Crippen molar-refractivity contribution >= 4 is 0 Å². The lowest BCUT2D eigenvalue weighted by Crippen LogP contribution is -3.00. The van der Waals surface area contributed by atoms with Gasteiger partial charge >= 0.3 is 0 Å². The average molecular weight is 624 g/mol. The van der Waals surface area contributed by atoms with Crippen LogP contribution in [-0.4, -0.2) is 100 Å². The molecule has 0 radical (unpaired) electrons. The van der Waals surface area contributed by atoms with Gasteiger partial charge in [0.25, 0.3) is 0 Å². The van der Waals surface area contributed by atoms with E-state index in [4.69, 9.17) is 18.9 Å². The molecule has 0 aliphatic carbocycles. The van der Waals surface area contributed by atoms with Crippen molar-refractivity contribution in [2.24, 2.45) is 0 Å². The van der Waals surface area contributed by atoms with Crippen molar-refractivity contribution in [1.29, 1.82) is 0 Å². The fourth-order valence-electron chi connectivity index (χ4n) is 5.33. The summed E-state index contributed by atoms with van der Waals surface area (Å²) in [6.07, 6.45) is 7.47. The monoisotopic (exact) mass is 624 g/mol. The van der Waals surface area contributed by atoms with E-state index in [0.717, 1.165) is 48.1 Å². The first-order chi connectivity index (χ1) is 12.5. The normalized spacial score (nSPS) is 36.2. The highest BCUT2D eigenvalue weighted by molar-refractivity contribution is 4.71. The van der Waals surface area contributed by atoms with Crippen LogP contribution in [0.15, 0.2) is 0 Å². The van der Waals surface area contributed by atoms with Crippen LogP contribution in [0.5, 0.6) is 0 Å². The zero-order chi connectivity index (χ0) is 18.0. The number of likely N-dealkylation sites (tertiary alicyclic amines) is 2. The summed E-state index contributed by atoms with van der Waals surface area (Å²) >= 11 is 0. The molecule has 0 aromatic carbocycles. The van der Waals surface area contributed by atoms with Crippen LogP contribution in [0.25, 0.3) is 0 Å². The predicted octanol–water partition coefficient (Wildman–Crippen LogP) is -4.26. The van der Waals surface area contributed by atoms with Gasteiger partial charge in [0.05, 0.1) is 53.5 Å². The summed E-state index contributed by atoms with van der Waals surface area (Å²) in [5.74, 6) is 0. The number of halogens is 2. The van der Waals surface area contributed by atoms with Gasteiger partial charge in [-0.1, -0.05) is 0 Å². The van der Waals surface area contributed by atoms with Gasteiger partial charge in [-0.05, 0) is 0 Å². The molecular weight excluding hydrogens is 586 g/mol. The van der Waals surface area contributed by atoms with E-state index in [2.05, 4.69) is 14.1 Å². The molecule has 28 heavy (non-hydrogen) atoms. The van der Waals surface area contributed by atoms with Gasteiger partial charge < -0.3 is 75.9 Å². The summed E-state index contributed by atoms with van der Waals surface area (Å²) in [6, 6.07) is 0. The van der Waals surface area contributed by atoms with Crippen LogP contribution in [0.1, 0.15) is 38.5 Å². The first-order valence-corrected chi connectivity index (χ1v) is 10.7. The van der Waals surface area contributed by atoms with Crippen LogP contribution in [0.4, 0.5) is 0 Å². The maximum Gasteiger partial charge on any atom is 0.158 e. The number of rotatable bonds is 7. The summed E-state index contributed by atoms with van der Waals surface area (Å²) in [5, 5.41) is 0. The maximum atomic E-state index is 6.15. The van der Waals surface area contributed by atoms with E-state index >= 15 is 0 Å². The van der Waals surface area contributed by atoms with Crippen molar-refractivity contribution in [2.45, 2.75) is 63.3 Å². The van der Waals surface area contributed by atoms with Crippen molar-refractivity contribution in [2.75, 3.05) is 66.6 Å². The molecule has 166 valence electrons. The molecule has 0 spiro atoms. The maximum absolute atomic E-state index is 6.15. The van der Waals surface area contributed by atoms with Crippen molar-refractivity contribution in [3.63, 3.8) is 0 Å². The highest BCUT2D eigenvalue weighted by atomic mass is 127. The highest BCUT2D eigenvalue weighted by Gasteiger charge is 2.38. The van der Waals surface area contributed by atoms with Crippen LogP contribution < -0.4 is 48.0 Å². The molecular formula is C20H38I2N2O4. The molecule has 4 fully saturated rings. The van der Waals surface area contributed by atoms with Crippen molar-refractivity contribution in [3.8, 4) is 0 Å². The molecule has 0 aromatic rings. The van der Waals surface area contributed by atoms with Crippen LogP contribution in [0.3, 0.4) is 0 Å². The van der Waals surface area contributed by atoms with Crippen LogP contribution in [-0.2, 0) is 18.9 Å². The molecule has 4 rings (SSSR count). The number of hydrogen-bond donors (Lipinski definition) is 0. The molecule has 0 N–H and O–H groups in total. The Labute approximate surface area is 204 Å². The quantitative estimate of drug-likeness (QED) is 0.213. The zero-order valence-corrected chi connectivity index (χ0v) is 21.8. The third-order valence-electron chi connectivity index (χ3n) is 6.84. The van der Waals surface area contributed by atoms with Gasteiger partial charge in [-0.15, -0.1) is 0 Å².